The zero-order valence-corrected chi connectivity index (χ0v) is 21.4. The van der Waals surface area contributed by atoms with Crippen molar-refractivity contribution < 1.29 is 14.3 Å². The third kappa shape index (κ3) is 5.12. The smallest absolute Gasteiger partial charge is 0.259 e. The maximum Gasteiger partial charge on any atom is 0.259 e. The van der Waals surface area contributed by atoms with Gasteiger partial charge >= 0.3 is 0 Å². The Bertz CT molecular complexity index is 1260. The number of carbonyl (C=O) groups is 1. The maximum atomic E-state index is 12.9. The standard InChI is InChI=1S/C26H33N3O4S/c1-26(2,3)16-7-8-17-20(13-16)34-25-23(17)24(31)28-21(29-25)10-11-22(30)27-14-15-6-9-18(32-4)19(12-15)33-5/h6,9,12,16H,7-8,10-11,13-14H2,1-5H3,(H,27,30)(H,28,29,31). The second-order valence-corrected chi connectivity index (χ2v) is 11.1. The highest BCUT2D eigenvalue weighted by Gasteiger charge is 2.31. The summed E-state index contributed by atoms with van der Waals surface area (Å²) in [5.41, 5.74) is 2.26. The van der Waals surface area contributed by atoms with E-state index in [1.807, 2.05) is 18.2 Å². The Morgan fingerprint density at radius 1 is 1.24 bits per heavy atom. The fraction of sp³-hybridized carbons (Fsp3) is 0.500. The Morgan fingerprint density at radius 3 is 2.71 bits per heavy atom. The highest BCUT2D eigenvalue weighted by molar-refractivity contribution is 7.18. The largest absolute Gasteiger partial charge is 0.493 e. The quantitative estimate of drug-likeness (QED) is 0.520. The van der Waals surface area contributed by atoms with Gasteiger partial charge in [-0.05, 0) is 53.9 Å². The van der Waals surface area contributed by atoms with Crippen LogP contribution in [0.25, 0.3) is 10.2 Å². The van der Waals surface area contributed by atoms with Crippen LogP contribution >= 0.6 is 11.3 Å². The number of nitrogens with zero attached hydrogens (tertiary/aromatic N) is 1. The minimum atomic E-state index is -0.101. The summed E-state index contributed by atoms with van der Waals surface area (Å²) in [7, 11) is 3.17. The molecule has 182 valence electrons. The van der Waals surface area contributed by atoms with E-state index in [1.165, 1.54) is 10.4 Å². The normalized spacial score (nSPS) is 15.7. The van der Waals surface area contributed by atoms with Gasteiger partial charge in [0.05, 0.1) is 19.6 Å². The fourth-order valence-electron chi connectivity index (χ4n) is 4.60. The molecule has 1 unspecified atom stereocenters. The summed E-state index contributed by atoms with van der Waals surface area (Å²) >= 11 is 1.64. The molecule has 1 amide bonds. The Kier molecular flexibility index (Phi) is 6.98. The molecule has 3 aromatic rings. The van der Waals surface area contributed by atoms with E-state index in [0.717, 1.165) is 35.0 Å². The van der Waals surface area contributed by atoms with E-state index in [-0.39, 0.29) is 23.3 Å². The minimum absolute atomic E-state index is 0.0857. The lowest BCUT2D eigenvalue weighted by molar-refractivity contribution is -0.121. The van der Waals surface area contributed by atoms with E-state index in [0.29, 0.717) is 36.2 Å². The zero-order chi connectivity index (χ0) is 24.5. The molecule has 4 rings (SSSR count). The van der Waals surface area contributed by atoms with Crippen LogP contribution in [0, 0.1) is 11.3 Å². The number of ether oxygens (including phenoxy) is 2. The van der Waals surface area contributed by atoms with Gasteiger partial charge in [-0.1, -0.05) is 26.8 Å². The first-order chi connectivity index (χ1) is 16.2. The molecule has 2 N–H and O–H groups in total. The molecular formula is C26H33N3O4S. The summed E-state index contributed by atoms with van der Waals surface area (Å²) in [6, 6.07) is 5.54. The number of aromatic amines is 1. The monoisotopic (exact) mass is 483 g/mol. The number of thiophene rings is 1. The van der Waals surface area contributed by atoms with Gasteiger partial charge in [0.2, 0.25) is 5.91 Å². The summed E-state index contributed by atoms with van der Waals surface area (Å²) in [6.45, 7) is 7.24. The topological polar surface area (TPSA) is 93.3 Å². The molecule has 1 aromatic carbocycles. The number of carbonyl (C=O) groups excluding carboxylic acids is 1. The molecule has 0 aliphatic heterocycles. The average Bonchev–Trinajstić information content (AvgIpc) is 3.18. The number of rotatable bonds is 7. The first kappa shape index (κ1) is 24.3. The van der Waals surface area contributed by atoms with E-state index in [9.17, 15) is 9.59 Å². The third-order valence-corrected chi connectivity index (χ3v) is 7.87. The van der Waals surface area contributed by atoms with Gasteiger partial charge in [0, 0.05) is 24.3 Å². The van der Waals surface area contributed by atoms with Crippen molar-refractivity contribution in [1.82, 2.24) is 15.3 Å². The molecule has 0 fully saturated rings. The number of hydrogen-bond donors (Lipinski definition) is 2. The van der Waals surface area contributed by atoms with E-state index in [2.05, 4.69) is 31.1 Å². The summed E-state index contributed by atoms with van der Waals surface area (Å²) in [5.74, 6) is 2.34. The summed E-state index contributed by atoms with van der Waals surface area (Å²) in [4.78, 5) is 35.0. The van der Waals surface area contributed by atoms with Crippen LogP contribution in [0.4, 0.5) is 0 Å². The van der Waals surface area contributed by atoms with Crippen LogP contribution in [0.15, 0.2) is 23.0 Å². The fourth-order valence-corrected chi connectivity index (χ4v) is 5.92. The van der Waals surface area contributed by atoms with Gasteiger partial charge in [0.25, 0.3) is 5.56 Å². The molecule has 7 nitrogen and oxygen atoms in total. The molecule has 0 bridgehead atoms. The minimum Gasteiger partial charge on any atom is -0.493 e. The van der Waals surface area contributed by atoms with E-state index < -0.39 is 0 Å². The van der Waals surface area contributed by atoms with Crippen molar-refractivity contribution in [2.45, 2.75) is 59.4 Å². The lowest BCUT2D eigenvalue weighted by Crippen LogP contribution is -2.26. The van der Waals surface area contributed by atoms with E-state index >= 15 is 0 Å². The lowest BCUT2D eigenvalue weighted by atomic mass is 9.72. The zero-order valence-electron chi connectivity index (χ0n) is 20.5. The Balaban J connectivity index is 1.40. The highest BCUT2D eigenvalue weighted by Crippen LogP contribution is 2.42. The van der Waals surface area contributed by atoms with Crippen molar-refractivity contribution in [2.75, 3.05) is 14.2 Å². The number of amides is 1. The van der Waals surface area contributed by atoms with Crippen LogP contribution < -0.4 is 20.3 Å². The molecule has 0 radical (unpaired) electrons. The van der Waals surface area contributed by atoms with Gasteiger partial charge in [-0.25, -0.2) is 4.98 Å². The third-order valence-electron chi connectivity index (χ3n) is 6.72. The molecule has 1 aliphatic rings. The van der Waals surface area contributed by atoms with E-state index in [4.69, 9.17) is 14.5 Å². The van der Waals surface area contributed by atoms with Crippen molar-refractivity contribution in [3.05, 3.63) is 50.4 Å². The van der Waals surface area contributed by atoms with Crippen molar-refractivity contribution in [3.8, 4) is 11.5 Å². The summed E-state index contributed by atoms with van der Waals surface area (Å²) in [6.07, 6.45) is 3.67. The van der Waals surface area contributed by atoms with Crippen LogP contribution in [0.5, 0.6) is 11.5 Å². The Morgan fingerprint density at radius 2 is 2.00 bits per heavy atom. The van der Waals surface area contributed by atoms with Crippen LogP contribution in [-0.4, -0.2) is 30.1 Å². The van der Waals surface area contributed by atoms with Gasteiger partial charge < -0.3 is 19.8 Å². The number of H-pyrrole nitrogens is 1. The second kappa shape index (κ2) is 9.78. The highest BCUT2D eigenvalue weighted by atomic mass is 32.1. The van der Waals surface area contributed by atoms with Gasteiger partial charge in [0.15, 0.2) is 11.5 Å². The molecule has 1 atom stereocenters. The number of fused-ring (bicyclic) bond motifs is 3. The second-order valence-electron chi connectivity index (χ2n) is 9.97. The molecule has 0 saturated heterocycles. The first-order valence-electron chi connectivity index (χ1n) is 11.7. The maximum absolute atomic E-state index is 12.9. The summed E-state index contributed by atoms with van der Waals surface area (Å²) in [5, 5.41) is 3.66. The van der Waals surface area contributed by atoms with Crippen LogP contribution in [-0.2, 0) is 30.6 Å². The molecule has 2 aromatic heterocycles. The molecule has 2 heterocycles. The molecule has 8 heteroatoms. The Hall–Kier alpha value is -2.87. The summed E-state index contributed by atoms with van der Waals surface area (Å²) < 4.78 is 10.6. The van der Waals surface area contributed by atoms with Crippen LogP contribution in [0.3, 0.4) is 0 Å². The number of methoxy groups -OCH3 is 2. The molecule has 1 aliphatic carbocycles. The molecule has 34 heavy (non-hydrogen) atoms. The predicted molar refractivity (Wildman–Crippen MR) is 135 cm³/mol. The van der Waals surface area contributed by atoms with Crippen molar-refractivity contribution in [3.63, 3.8) is 0 Å². The number of benzene rings is 1. The van der Waals surface area contributed by atoms with Crippen molar-refractivity contribution in [1.29, 1.82) is 0 Å². The van der Waals surface area contributed by atoms with Gasteiger partial charge in [-0.3, -0.25) is 9.59 Å². The van der Waals surface area contributed by atoms with E-state index in [1.54, 1.807) is 25.6 Å². The molecular weight excluding hydrogens is 450 g/mol. The number of nitrogens with one attached hydrogen (secondary N) is 2. The Labute approximate surface area is 203 Å². The number of aryl methyl sites for hydroxylation is 2. The first-order valence-corrected chi connectivity index (χ1v) is 12.5. The van der Waals surface area contributed by atoms with Gasteiger partial charge in [-0.15, -0.1) is 11.3 Å². The predicted octanol–water partition coefficient (Wildman–Crippen LogP) is 4.40. The number of aromatic nitrogens is 2. The lowest BCUT2D eigenvalue weighted by Gasteiger charge is -2.33. The van der Waals surface area contributed by atoms with Gasteiger partial charge in [-0.2, -0.15) is 0 Å². The van der Waals surface area contributed by atoms with Crippen LogP contribution in [0.2, 0.25) is 0 Å². The number of hydrogen-bond acceptors (Lipinski definition) is 6. The van der Waals surface area contributed by atoms with Gasteiger partial charge in [0.1, 0.15) is 10.7 Å². The molecule has 0 spiro atoms. The van der Waals surface area contributed by atoms with Crippen LogP contribution in [0.1, 0.15) is 55.4 Å². The van der Waals surface area contributed by atoms with Crippen molar-refractivity contribution >= 4 is 27.5 Å². The SMILES string of the molecule is COc1ccc(CNC(=O)CCc2nc3sc4c(c3c(=O)[nH]2)CCC(C(C)(C)C)C4)cc1OC. The molecule has 0 saturated carbocycles. The van der Waals surface area contributed by atoms with Crippen molar-refractivity contribution in [2.24, 2.45) is 11.3 Å². The average molecular weight is 484 g/mol.